The standard InChI is InChI=1S/C26H32N2O2/c1-5-27(23-11-9-13-25(19-23)29-7-3)21-15-17-22(18-16-21)28(6-2)24-12-10-14-26(20-24)30-8-4/h9-20H,5-8H2,1-4H3. The summed E-state index contributed by atoms with van der Waals surface area (Å²) in [4.78, 5) is 4.58. The molecule has 0 fully saturated rings. The minimum atomic E-state index is 0.668. The highest BCUT2D eigenvalue weighted by molar-refractivity contribution is 5.70. The Morgan fingerprint density at radius 2 is 0.933 bits per heavy atom. The van der Waals surface area contributed by atoms with Crippen LogP contribution in [0.25, 0.3) is 0 Å². The van der Waals surface area contributed by atoms with Crippen LogP contribution in [0.2, 0.25) is 0 Å². The van der Waals surface area contributed by atoms with Crippen molar-refractivity contribution in [2.24, 2.45) is 0 Å². The SMILES string of the molecule is CCOc1cccc(N(CC)c2ccc(N(CC)c3cccc(OCC)c3)cc2)c1. The first-order valence-corrected chi connectivity index (χ1v) is 10.8. The minimum Gasteiger partial charge on any atom is -0.494 e. The lowest BCUT2D eigenvalue weighted by Crippen LogP contribution is -2.18. The summed E-state index contributed by atoms with van der Waals surface area (Å²) in [5.74, 6) is 1.80. The van der Waals surface area contributed by atoms with Crippen molar-refractivity contribution >= 4 is 22.7 Å². The van der Waals surface area contributed by atoms with E-state index >= 15 is 0 Å². The molecule has 0 heterocycles. The van der Waals surface area contributed by atoms with E-state index in [1.165, 1.54) is 0 Å². The average molecular weight is 405 g/mol. The van der Waals surface area contributed by atoms with Crippen molar-refractivity contribution < 1.29 is 9.47 Å². The van der Waals surface area contributed by atoms with Gasteiger partial charge in [-0.2, -0.15) is 0 Å². The maximum atomic E-state index is 5.67. The molecule has 0 N–H and O–H groups in total. The van der Waals surface area contributed by atoms with Gasteiger partial charge in [-0.1, -0.05) is 12.1 Å². The Morgan fingerprint density at radius 3 is 1.27 bits per heavy atom. The van der Waals surface area contributed by atoms with Gasteiger partial charge in [0.25, 0.3) is 0 Å². The van der Waals surface area contributed by atoms with Crippen LogP contribution in [0.15, 0.2) is 72.8 Å². The molecule has 0 radical (unpaired) electrons. The molecule has 3 aromatic carbocycles. The second-order valence-electron chi connectivity index (χ2n) is 6.87. The third kappa shape index (κ3) is 5.07. The molecule has 0 unspecified atom stereocenters. The molecule has 4 heteroatoms. The maximum Gasteiger partial charge on any atom is 0.121 e. The highest BCUT2D eigenvalue weighted by Crippen LogP contribution is 2.32. The predicted molar refractivity (Wildman–Crippen MR) is 127 cm³/mol. The molecule has 158 valence electrons. The van der Waals surface area contributed by atoms with Crippen LogP contribution in [0.1, 0.15) is 27.7 Å². The first-order chi connectivity index (χ1) is 14.7. The second-order valence-corrected chi connectivity index (χ2v) is 6.87. The molecule has 0 bridgehead atoms. The molecule has 4 nitrogen and oxygen atoms in total. The van der Waals surface area contributed by atoms with Crippen molar-refractivity contribution in [2.75, 3.05) is 36.1 Å². The summed E-state index contributed by atoms with van der Waals surface area (Å²) in [5, 5.41) is 0. The van der Waals surface area contributed by atoms with Crippen molar-refractivity contribution in [1.29, 1.82) is 0 Å². The quantitative estimate of drug-likeness (QED) is 0.371. The van der Waals surface area contributed by atoms with Crippen molar-refractivity contribution in [1.82, 2.24) is 0 Å². The number of rotatable bonds is 10. The molecule has 30 heavy (non-hydrogen) atoms. The molecule has 0 aromatic heterocycles. The van der Waals surface area contributed by atoms with Gasteiger partial charge in [0.15, 0.2) is 0 Å². The highest BCUT2D eigenvalue weighted by Gasteiger charge is 2.12. The van der Waals surface area contributed by atoms with E-state index in [4.69, 9.17) is 9.47 Å². The number of anilines is 4. The van der Waals surface area contributed by atoms with Gasteiger partial charge in [0, 0.05) is 48.0 Å². The lowest BCUT2D eigenvalue weighted by molar-refractivity contribution is 0.340. The summed E-state index contributed by atoms with van der Waals surface area (Å²) >= 11 is 0. The molecular weight excluding hydrogens is 372 g/mol. The van der Waals surface area contributed by atoms with Gasteiger partial charge in [-0.15, -0.1) is 0 Å². The summed E-state index contributed by atoms with van der Waals surface area (Å²) in [6.45, 7) is 11.4. The molecule has 0 saturated carbocycles. The predicted octanol–water partition coefficient (Wildman–Crippen LogP) is 6.80. The number of hydrogen-bond acceptors (Lipinski definition) is 4. The van der Waals surface area contributed by atoms with E-state index in [9.17, 15) is 0 Å². The van der Waals surface area contributed by atoms with E-state index in [1.807, 2.05) is 38.1 Å². The van der Waals surface area contributed by atoms with Crippen LogP contribution in [0.5, 0.6) is 11.5 Å². The summed E-state index contributed by atoms with van der Waals surface area (Å²) in [6, 6.07) is 25.2. The number of nitrogens with zero attached hydrogens (tertiary/aromatic N) is 2. The number of benzene rings is 3. The van der Waals surface area contributed by atoms with E-state index in [0.29, 0.717) is 13.2 Å². The lowest BCUT2D eigenvalue weighted by Gasteiger charge is -2.27. The van der Waals surface area contributed by atoms with E-state index in [-0.39, 0.29) is 0 Å². The second kappa shape index (κ2) is 10.6. The normalized spacial score (nSPS) is 10.5. The van der Waals surface area contributed by atoms with E-state index in [0.717, 1.165) is 47.3 Å². The lowest BCUT2D eigenvalue weighted by atomic mass is 10.2. The molecule has 3 aromatic rings. The third-order valence-electron chi connectivity index (χ3n) is 4.99. The topological polar surface area (TPSA) is 24.9 Å². The van der Waals surface area contributed by atoms with Crippen LogP contribution in [-0.2, 0) is 0 Å². The van der Waals surface area contributed by atoms with Crippen molar-refractivity contribution in [2.45, 2.75) is 27.7 Å². The van der Waals surface area contributed by atoms with Crippen molar-refractivity contribution in [3.63, 3.8) is 0 Å². The Labute approximate surface area is 180 Å². The van der Waals surface area contributed by atoms with Crippen LogP contribution in [-0.4, -0.2) is 26.3 Å². The largest absolute Gasteiger partial charge is 0.494 e. The van der Waals surface area contributed by atoms with Crippen molar-refractivity contribution in [3.8, 4) is 11.5 Å². The Hall–Kier alpha value is -3.14. The van der Waals surface area contributed by atoms with E-state index < -0.39 is 0 Å². The van der Waals surface area contributed by atoms with Crippen LogP contribution < -0.4 is 19.3 Å². The van der Waals surface area contributed by atoms with Crippen molar-refractivity contribution in [3.05, 3.63) is 72.8 Å². The van der Waals surface area contributed by atoms with Gasteiger partial charge in [-0.05, 0) is 76.2 Å². The van der Waals surface area contributed by atoms with Crippen LogP contribution in [0, 0.1) is 0 Å². The van der Waals surface area contributed by atoms with Gasteiger partial charge in [0.1, 0.15) is 11.5 Å². The third-order valence-corrected chi connectivity index (χ3v) is 4.99. The highest BCUT2D eigenvalue weighted by atomic mass is 16.5. The first kappa shape index (κ1) is 21.6. The smallest absolute Gasteiger partial charge is 0.121 e. The summed E-state index contributed by atoms with van der Waals surface area (Å²) in [5.41, 5.74) is 4.59. The molecule has 0 aliphatic heterocycles. The van der Waals surface area contributed by atoms with Crippen LogP contribution >= 0.6 is 0 Å². The van der Waals surface area contributed by atoms with E-state index in [1.54, 1.807) is 0 Å². The van der Waals surface area contributed by atoms with Gasteiger partial charge >= 0.3 is 0 Å². The molecule has 3 rings (SSSR count). The fourth-order valence-corrected chi connectivity index (χ4v) is 3.66. The Kier molecular flexibility index (Phi) is 7.61. The molecule has 0 aliphatic rings. The molecule has 0 aliphatic carbocycles. The number of ether oxygens (including phenoxy) is 2. The first-order valence-electron chi connectivity index (χ1n) is 10.8. The molecule has 0 spiro atoms. The maximum absolute atomic E-state index is 5.67. The van der Waals surface area contributed by atoms with Gasteiger partial charge in [0.05, 0.1) is 13.2 Å². The van der Waals surface area contributed by atoms with Gasteiger partial charge in [-0.3, -0.25) is 0 Å². The molecule has 0 atom stereocenters. The zero-order valence-electron chi connectivity index (χ0n) is 18.5. The zero-order chi connectivity index (χ0) is 21.3. The minimum absolute atomic E-state index is 0.668. The average Bonchev–Trinajstić information content (AvgIpc) is 2.77. The summed E-state index contributed by atoms with van der Waals surface area (Å²) < 4.78 is 11.3. The van der Waals surface area contributed by atoms with E-state index in [2.05, 4.69) is 72.2 Å². The Balaban J connectivity index is 1.85. The Morgan fingerprint density at radius 1 is 0.533 bits per heavy atom. The molecule has 0 amide bonds. The zero-order valence-corrected chi connectivity index (χ0v) is 18.5. The Bertz CT molecular complexity index is 848. The van der Waals surface area contributed by atoms with Crippen LogP contribution in [0.4, 0.5) is 22.7 Å². The van der Waals surface area contributed by atoms with Gasteiger partial charge in [-0.25, -0.2) is 0 Å². The summed E-state index contributed by atoms with van der Waals surface area (Å²) in [7, 11) is 0. The molecular formula is C26H32N2O2. The fourth-order valence-electron chi connectivity index (χ4n) is 3.66. The summed E-state index contributed by atoms with van der Waals surface area (Å²) in [6.07, 6.45) is 0. The number of hydrogen-bond donors (Lipinski definition) is 0. The van der Waals surface area contributed by atoms with Crippen LogP contribution in [0.3, 0.4) is 0 Å². The monoisotopic (exact) mass is 404 g/mol. The van der Waals surface area contributed by atoms with Gasteiger partial charge < -0.3 is 19.3 Å². The molecule has 0 saturated heterocycles. The fraction of sp³-hybridized carbons (Fsp3) is 0.308. The van der Waals surface area contributed by atoms with Gasteiger partial charge in [0.2, 0.25) is 0 Å².